The van der Waals surface area contributed by atoms with Crippen LogP contribution in [-0.2, 0) is 0 Å². The maximum absolute atomic E-state index is 11.0. The number of nitrogens with zero attached hydrogens (tertiary/aromatic N) is 1. The number of ether oxygens (including phenoxy) is 2. The number of benzene rings is 2. The molecule has 0 saturated heterocycles. The minimum atomic E-state index is -0.470. The van der Waals surface area contributed by atoms with E-state index in [1.807, 2.05) is 24.3 Å². The van der Waals surface area contributed by atoms with Crippen molar-refractivity contribution in [3.63, 3.8) is 0 Å². The van der Waals surface area contributed by atoms with Crippen LogP contribution in [0.1, 0.15) is 0 Å². The van der Waals surface area contributed by atoms with E-state index in [4.69, 9.17) is 21.1 Å². The topological polar surface area (TPSA) is 73.6 Å². The van der Waals surface area contributed by atoms with Crippen LogP contribution in [0.4, 0.5) is 11.4 Å². The van der Waals surface area contributed by atoms with Crippen LogP contribution in [0.15, 0.2) is 42.5 Å². The largest absolute Gasteiger partial charge is 0.486 e. The highest BCUT2D eigenvalue weighted by Crippen LogP contribution is 2.32. The molecule has 0 aromatic heterocycles. The summed E-state index contributed by atoms with van der Waals surface area (Å²) < 4.78 is 11.4. The van der Waals surface area contributed by atoms with Gasteiger partial charge in [0.15, 0.2) is 11.5 Å². The van der Waals surface area contributed by atoms with Crippen molar-refractivity contribution in [3.8, 4) is 11.5 Å². The van der Waals surface area contributed by atoms with Gasteiger partial charge in [0.2, 0.25) is 0 Å². The van der Waals surface area contributed by atoms with Crippen LogP contribution in [0.5, 0.6) is 11.5 Å². The molecule has 1 aliphatic heterocycles. The molecule has 7 heteroatoms. The van der Waals surface area contributed by atoms with E-state index in [-0.39, 0.29) is 11.8 Å². The van der Waals surface area contributed by atoms with Gasteiger partial charge in [-0.1, -0.05) is 23.7 Å². The third-order valence-corrected chi connectivity index (χ3v) is 3.48. The highest BCUT2D eigenvalue weighted by molar-refractivity contribution is 6.30. The Morgan fingerprint density at radius 3 is 2.82 bits per heavy atom. The molecule has 2 aromatic rings. The minimum absolute atomic E-state index is 0.0652. The van der Waals surface area contributed by atoms with Gasteiger partial charge < -0.3 is 14.8 Å². The van der Waals surface area contributed by atoms with E-state index in [1.165, 1.54) is 6.07 Å². The number of rotatable bonds is 4. The van der Waals surface area contributed by atoms with E-state index < -0.39 is 4.92 Å². The Kier molecular flexibility index (Phi) is 4.02. The van der Waals surface area contributed by atoms with Gasteiger partial charge in [-0.25, -0.2) is 0 Å². The predicted molar refractivity (Wildman–Crippen MR) is 82.9 cm³/mol. The van der Waals surface area contributed by atoms with Crippen LogP contribution in [0.2, 0.25) is 5.02 Å². The normalized spacial score (nSPS) is 16.1. The molecule has 22 heavy (non-hydrogen) atoms. The minimum Gasteiger partial charge on any atom is -0.486 e. The molecule has 0 spiro atoms. The number of nitrogens with one attached hydrogen (secondary N) is 1. The molecule has 0 aliphatic carbocycles. The Balaban J connectivity index is 1.68. The quantitative estimate of drug-likeness (QED) is 0.689. The monoisotopic (exact) mass is 320 g/mol. The van der Waals surface area contributed by atoms with Crippen LogP contribution in [-0.4, -0.2) is 24.2 Å². The summed E-state index contributed by atoms with van der Waals surface area (Å²) in [6, 6.07) is 11.9. The molecule has 1 aliphatic rings. The van der Waals surface area contributed by atoms with Gasteiger partial charge in [-0.3, -0.25) is 10.1 Å². The number of nitro groups is 1. The van der Waals surface area contributed by atoms with Crippen molar-refractivity contribution in [2.24, 2.45) is 0 Å². The van der Waals surface area contributed by atoms with Gasteiger partial charge in [-0.05, 0) is 24.3 Å². The molecule has 0 saturated carbocycles. The molecule has 0 radical (unpaired) electrons. The molecule has 0 amide bonds. The maximum Gasteiger partial charge on any atom is 0.293 e. The van der Waals surface area contributed by atoms with Gasteiger partial charge >= 0.3 is 0 Å². The van der Waals surface area contributed by atoms with Crippen molar-refractivity contribution in [2.75, 3.05) is 18.5 Å². The molecule has 1 heterocycles. The highest BCUT2D eigenvalue weighted by atomic mass is 35.5. The van der Waals surface area contributed by atoms with Gasteiger partial charge in [-0.2, -0.15) is 0 Å². The molecule has 6 nitrogen and oxygen atoms in total. The number of fused-ring (bicyclic) bond motifs is 1. The predicted octanol–water partition coefficient (Wildman–Crippen LogP) is 3.50. The van der Waals surface area contributed by atoms with E-state index in [2.05, 4.69) is 5.32 Å². The van der Waals surface area contributed by atoms with E-state index in [0.29, 0.717) is 35.4 Å². The van der Waals surface area contributed by atoms with E-state index in [9.17, 15) is 10.1 Å². The number of anilines is 1. The van der Waals surface area contributed by atoms with Crippen molar-refractivity contribution in [1.82, 2.24) is 0 Å². The van der Waals surface area contributed by atoms with Crippen LogP contribution in [0, 0.1) is 10.1 Å². The number of hydrogen-bond donors (Lipinski definition) is 1. The summed E-state index contributed by atoms with van der Waals surface area (Å²) in [7, 11) is 0. The molecule has 1 N–H and O–H groups in total. The molecule has 3 rings (SSSR count). The van der Waals surface area contributed by atoms with Crippen molar-refractivity contribution in [3.05, 3.63) is 57.6 Å². The van der Waals surface area contributed by atoms with E-state index in [1.54, 1.807) is 12.1 Å². The third kappa shape index (κ3) is 3.07. The lowest BCUT2D eigenvalue weighted by atomic mass is 10.2. The first-order valence-electron chi connectivity index (χ1n) is 6.70. The summed E-state index contributed by atoms with van der Waals surface area (Å²) in [5, 5.41) is 14.4. The molecule has 0 bridgehead atoms. The summed E-state index contributed by atoms with van der Waals surface area (Å²) in [6.07, 6.45) is -0.231. The molecular formula is C15H13ClN2O4. The van der Waals surface area contributed by atoms with E-state index >= 15 is 0 Å². The lowest BCUT2D eigenvalue weighted by Gasteiger charge is -2.26. The maximum atomic E-state index is 11.0. The number of nitro benzene ring substituents is 1. The van der Waals surface area contributed by atoms with Crippen molar-refractivity contribution in [1.29, 1.82) is 0 Å². The molecule has 114 valence electrons. The summed E-state index contributed by atoms with van der Waals surface area (Å²) >= 11 is 5.79. The van der Waals surface area contributed by atoms with Gasteiger partial charge in [0, 0.05) is 11.1 Å². The molecule has 1 atom stereocenters. The van der Waals surface area contributed by atoms with Crippen molar-refractivity contribution in [2.45, 2.75) is 6.10 Å². The first-order chi connectivity index (χ1) is 10.6. The smallest absolute Gasteiger partial charge is 0.293 e. The molecule has 2 aromatic carbocycles. The van der Waals surface area contributed by atoms with Crippen LogP contribution in [0.3, 0.4) is 0 Å². The fourth-order valence-corrected chi connectivity index (χ4v) is 2.36. The Hall–Kier alpha value is -2.47. The fourth-order valence-electron chi connectivity index (χ4n) is 2.19. The lowest BCUT2D eigenvalue weighted by molar-refractivity contribution is -0.383. The zero-order valence-electron chi connectivity index (χ0n) is 11.5. The standard InChI is InChI=1S/C15H13ClN2O4/c16-10-5-6-12(13(7-10)18(19)20)17-8-11-9-21-14-3-1-2-4-15(14)22-11/h1-7,11,17H,8-9H2/t11-/m0/s1. The first-order valence-corrected chi connectivity index (χ1v) is 7.07. The lowest BCUT2D eigenvalue weighted by Crippen LogP contribution is -2.35. The average molecular weight is 321 g/mol. The summed E-state index contributed by atoms with van der Waals surface area (Å²) in [4.78, 5) is 10.6. The second-order valence-electron chi connectivity index (χ2n) is 4.80. The zero-order chi connectivity index (χ0) is 15.5. The highest BCUT2D eigenvalue weighted by Gasteiger charge is 2.22. The molecule has 0 fully saturated rings. The Morgan fingerprint density at radius 1 is 1.27 bits per heavy atom. The van der Waals surface area contributed by atoms with Gasteiger partial charge in [-0.15, -0.1) is 0 Å². The number of hydrogen-bond acceptors (Lipinski definition) is 5. The zero-order valence-corrected chi connectivity index (χ0v) is 12.2. The summed E-state index contributed by atoms with van der Waals surface area (Å²) in [5.41, 5.74) is 0.335. The summed E-state index contributed by atoms with van der Waals surface area (Å²) in [6.45, 7) is 0.766. The van der Waals surface area contributed by atoms with Crippen LogP contribution >= 0.6 is 11.6 Å². The SMILES string of the molecule is O=[N+]([O-])c1cc(Cl)ccc1NC[C@H]1COc2ccccc2O1. The molecular weight excluding hydrogens is 308 g/mol. The third-order valence-electron chi connectivity index (χ3n) is 3.24. The summed E-state index contributed by atoms with van der Waals surface area (Å²) in [5.74, 6) is 1.38. The number of para-hydroxylation sites is 2. The Labute approximate surface area is 131 Å². The average Bonchev–Trinajstić information content (AvgIpc) is 2.53. The van der Waals surface area contributed by atoms with Crippen molar-refractivity contribution < 1.29 is 14.4 Å². The second-order valence-corrected chi connectivity index (χ2v) is 5.23. The van der Waals surface area contributed by atoms with Gasteiger partial charge in [0.05, 0.1) is 11.5 Å². The van der Waals surface area contributed by atoms with Gasteiger partial charge in [0.25, 0.3) is 5.69 Å². The first kappa shape index (κ1) is 14.5. The van der Waals surface area contributed by atoms with Crippen LogP contribution in [0.25, 0.3) is 0 Å². The second kappa shape index (κ2) is 6.11. The van der Waals surface area contributed by atoms with Crippen LogP contribution < -0.4 is 14.8 Å². The fraction of sp³-hybridized carbons (Fsp3) is 0.200. The Morgan fingerprint density at radius 2 is 2.05 bits per heavy atom. The molecule has 0 unspecified atom stereocenters. The van der Waals surface area contributed by atoms with E-state index in [0.717, 1.165) is 0 Å². The van der Waals surface area contributed by atoms with Gasteiger partial charge in [0.1, 0.15) is 18.4 Å². The number of halogens is 1. The van der Waals surface area contributed by atoms with Crippen molar-refractivity contribution >= 4 is 23.0 Å². The Bertz CT molecular complexity index is 708.